The first-order valence-corrected chi connectivity index (χ1v) is 9.62. The number of rotatable bonds is 7. The van der Waals surface area contributed by atoms with Gasteiger partial charge in [0.1, 0.15) is 5.82 Å². The molecule has 3 amide bonds. The number of hydrogen-bond donors (Lipinski definition) is 2. The van der Waals surface area contributed by atoms with Gasteiger partial charge in [-0.1, -0.05) is 0 Å². The fourth-order valence-corrected chi connectivity index (χ4v) is 3.84. The van der Waals surface area contributed by atoms with Gasteiger partial charge in [-0.25, -0.2) is 9.29 Å². The van der Waals surface area contributed by atoms with Gasteiger partial charge in [0.05, 0.1) is 17.4 Å². The van der Waals surface area contributed by atoms with E-state index in [1.54, 1.807) is 24.3 Å². The fourth-order valence-electron chi connectivity index (χ4n) is 2.78. The maximum absolute atomic E-state index is 13.1. The number of carbonyl (C=O) groups is 4. The number of carbonyl (C=O) groups excluding carboxylic acids is 3. The van der Waals surface area contributed by atoms with Crippen LogP contribution in [0.3, 0.4) is 0 Å². The Morgan fingerprint density at radius 1 is 1.07 bits per heavy atom. The van der Waals surface area contributed by atoms with E-state index in [2.05, 4.69) is 5.32 Å². The molecule has 0 bridgehead atoms. The number of carboxylic acid groups (broad SMARTS) is 1. The van der Waals surface area contributed by atoms with Crippen molar-refractivity contribution in [2.24, 2.45) is 0 Å². The van der Waals surface area contributed by atoms with Gasteiger partial charge in [0, 0.05) is 23.4 Å². The number of nitrogens with zero attached hydrogens (tertiary/aromatic N) is 1. The van der Waals surface area contributed by atoms with Crippen LogP contribution < -0.4 is 10.2 Å². The molecular formula is C20H17FN2O5S. The summed E-state index contributed by atoms with van der Waals surface area (Å²) in [5, 5.41) is 10.6. The molecule has 1 heterocycles. The van der Waals surface area contributed by atoms with E-state index in [0.29, 0.717) is 11.4 Å². The molecule has 150 valence electrons. The van der Waals surface area contributed by atoms with Crippen molar-refractivity contribution in [3.8, 4) is 0 Å². The highest BCUT2D eigenvalue weighted by Gasteiger charge is 2.40. The van der Waals surface area contributed by atoms with Crippen LogP contribution in [0.2, 0.25) is 0 Å². The molecule has 1 fully saturated rings. The van der Waals surface area contributed by atoms with Crippen molar-refractivity contribution < 1.29 is 28.7 Å². The summed E-state index contributed by atoms with van der Waals surface area (Å²) in [7, 11) is 0. The Hall–Kier alpha value is -3.20. The number of carboxylic acids is 1. The molecule has 7 nitrogen and oxygen atoms in total. The van der Waals surface area contributed by atoms with Crippen LogP contribution in [0.1, 0.15) is 19.3 Å². The Balaban J connectivity index is 1.61. The third-order valence-electron chi connectivity index (χ3n) is 4.17. The lowest BCUT2D eigenvalue weighted by Gasteiger charge is -2.15. The minimum atomic E-state index is -1.04. The average Bonchev–Trinajstić information content (AvgIpc) is 2.96. The van der Waals surface area contributed by atoms with Crippen molar-refractivity contribution in [1.29, 1.82) is 0 Å². The number of anilines is 2. The van der Waals surface area contributed by atoms with Crippen LogP contribution in [0.25, 0.3) is 0 Å². The summed E-state index contributed by atoms with van der Waals surface area (Å²) in [5.41, 5.74) is 0.843. The Labute approximate surface area is 169 Å². The largest absolute Gasteiger partial charge is 0.481 e. The Morgan fingerprint density at radius 2 is 1.72 bits per heavy atom. The van der Waals surface area contributed by atoms with Gasteiger partial charge in [-0.15, -0.1) is 11.8 Å². The second kappa shape index (κ2) is 8.87. The SMILES string of the molecule is O=C(O)CCC(=O)Nc1ccc(SC2CC(=O)N(c3ccc(F)cc3)C2=O)cc1. The third kappa shape index (κ3) is 5.20. The minimum Gasteiger partial charge on any atom is -0.481 e. The van der Waals surface area contributed by atoms with E-state index >= 15 is 0 Å². The van der Waals surface area contributed by atoms with Gasteiger partial charge in [-0.3, -0.25) is 19.2 Å². The zero-order chi connectivity index (χ0) is 21.0. The zero-order valence-electron chi connectivity index (χ0n) is 15.1. The maximum Gasteiger partial charge on any atom is 0.303 e. The lowest BCUT2D eigenvalue weighted by Crippen LogP contribution is -2.31. The van der Waals surface area contributed by atoms with Gasteiger partial charge in [0.25, 0.3) is 0 Å². The van der Waals surface area contributed by atoms with Gasteiger partial charge in [-0.05, 0) is 48.5 Å². The van der Waals surface area contributed by atoms with Gasteiger partial charge in [-0.2, -0.15) is 0 Å². The van der Waals surface area contributed by atoms with Gasteiger partial charge in [0.15, 0.2) is 0 Å². The molecule has 3 rings (SSSR count). The Morgan fingerprint density at radius 3 is 2.34 bits per heavy atom. The first-order chi connectivity index (χ1) is 13.8. The number of imide groups is 1. The third-order valence-corrected chi connectivity index (χ3v) is 5.37. The summed E-state index contributed by atoms with van der Waals surface area (Å²) in [6, 6.07) is 11.9. The van der Waals surface area contributed by atoms with E-state index in [1.165, 1.54) is 36.0 Å². The normalized spacial score (nSPS) is 16.2. The van der Waals surface area contributed by atoms with Crippen molar-refractivity contribution in [3.05, 3.63) is 54.3 Å². The molecule has 1 atom stereocenters. The fraction of sp³-hybridized carbons (Fsp3) is 0.200. The van der Waals surface area contributed by atoms with E-state index < -0.39 is 22.9 Å². The molecule has 1 saturated heterocycles. The van der Waals surface area contributed by atoms with Gasteiger partial charge in [0.2, 0.25) is 17.7 Å². The van der Waals surface area contributed by atoms with Gasteiger partial charge >= 0.3 is 5.97 Å². The van der Waals surface area contributed by atoms with Crippen LogP contribution in [0.4, 0.5) is 15.8 Å². The lowest BCUT2D eigenvalue weighted by atomic mass is 10.2. The van der Waals surface area contributed by atoms with Crippen LogP contribution in [0.5, 0.6) is 0 Å². The van der Waals surface area contributed by atoms with Crippen LogP contribution in [-0.2, 0) is 19.2 Å². The molecule has 9 heteroatoms. The lowest BCUT2D eigenvalue weighted by molar-refractivity contribution is -0.138. The number of aliphatic carboxylic acids is 1. The Kier molecular flexibility index (Phi) is 6.28. The first-order valence-electron chi connectivity index (χ1n) is 8.74. The van der Waals surface area contributed by atoms with Gasteiger partial charge < -0.3 is 10.4 Å². The molecule has 0 aromatic heterocycles. The van der Waals surface area contributed by atoms with Crippen LogP contribution in [-0.4, -0.2) is 34.0 Å². The Bertz CT molecular complexity index is 946. The highest BCUT2D eigenvalue weighted by molar-refractivity contribution is 8.00. The summed E-state index contributed by atoms with van der Waals surface area (Å²) in [4.78, 5) is 48.8. The number of amides is 3. The smallest absolute Gasteiger partial charge is 0.303 e. The van der Waals surface area contributed by atoms with Crippen LogP contribution in [0, 0.1) is 5.82 Å². The molecular weight excluding hydrogens is 399 g/mol. The standard InChI is InChI=1S/C20H17FN2O5S/c21-12-1-5-14(6-2-12)23-18(25)11-16(20(23)28)29-15-7-3-13(4-8-15)22-17(24)9-10-19(26)27/h1-8,16H,9-11H2,(H,22,24)(H,26,27). The minimum absolute atomic E-state index is 0.0363. The van der Waals surface area contributed by atoms with Crippen molar-refractivity contribution in [3.63, 3.8) is 0 Å². The number of halogens is 1. The predicted molar refractivity (Wildman–Crippen MR) is 105 cm³/mol. The second-order valence-corrected chi connectivity index (χ2v) is 7.60. The first kappa shape index (κ1) is 20.5. The van der Waals surface area contributed by atoms with E-state index in [9.17, 15) is 23.6 Å². The van der Waals surface area contributed by atoms with E-state index in [-0.39, 0.29) is 31.1 Å². The number of hydrogen-bond acceptors (Lipinski definition) is 5. The molecule has 2 N–H and O–H groups in total. The quantitative estimate of drug-likeness (QED) is 0.673. The highest BCUT2D eigenvalue weighted by Crippen LogP contribution is 2.34. The topological polar surface area (TPSA) is 104 Å². The summed E-state index contributed by atoms with van der Waals surface area (Å²) >= 11 is 1.23. The number of thioether (sulfide) groups is 1. The molecule has 1 aliphatic heterocycles. The monoisotopic (exact) mass is 416 g/mol. The molecule has 0 saturated carbocycles. The molecule has 2 aromatic carbocycles. The molecule has 1 aliphatic rings. The molecule has 0 radical (unpaired) electrons. The van der Waals surface area contributed by atoms with Crippen LogP contribution >= 0.6 is 11.8 Å². The summed E-state index contributed by atoms with van der Waals surface area (Å²) < 4.78 is 13.1. The molecule has 0 spiro atoms. The van der Waals surface area contributed by atoms with Crippen molar-refractivity contribution >= 4 is 46.8 Å². The molecule has 2 aromatic rings. The summed E-state index contributed by atoms with van der Waals surface area (Å²) in [6.45, 7) is 0. The highest BCUT2D eigenvalue weighted by atomic mass is 32.2. The van der Waals surface area contributed by atoms with Crippen LogP contribution in [0.15, 0.2) is 53.4 Å². The predicted octanol–water partition coefficient (Wildman–Crippen LogP) is 3.05. The molecule has 0 aliphatic carbocycles. The van der Waals surface area contributed by atoms with E-state index in [4.69, 9.17) is 5.11 Å². The zero-order valence-corrected chi connectivity index (χ0v) is 15.9. The molecule has 29 heavy (non-hydrogen) atoms. The van der Waals surface area contributed by atoms with E-state index in [1.807, 2.05) is 0 Å². The maximum atomic E-state index is 13.1. The summed E-state index contributed by atoms with van der Waals surface area (Å²) in [6.07, 6.45) is -0.333. The summed E-state index contributed by atoms with van der Waals surface area (Å²) in [5.74, 6) is -2.61. The van der Waals surface area contributed by atoms with Crippen molar-refractivity contribution in [2.45, 2.75) is 29.4 Å². The molecule has 1 unspecified atom stereocenters. The second-order valence-electron chi connectivity index (χ2n) is 6.32. The average molecular weight is 416 g/mol. The number of benzene rings is 2. The van der Waals surface area contributed by atoms with Crippen molar-refractivity contribution in [2.75, 3.05) is 10.2 Å². The van der Waals surface area contributed by atoms with Crippen molar-refractivity contribution in [1.82, 2.24) is 0 Å². The number of nitrogens with one attached hydrogen (secondary N) is 1. The van der Waals surface area contributed by atoms with E-state index in [0.717, 1.165) is 9.80 Å².